The van der Waals surface area contributed by atoms with E-state index in [-0.39, 0.29) is 0 Å². The number of fused-ring (bicyclic) bond motifs is 2. The molecule has 0 fully saturated rings. The highest BCUT2D eigenvalue weighted by molar-refractivity contribution is 5.94. The summed E-state index contributed by atoms with van der Waals surface area (Å²) in [5, 5.41) is 8.38. The smallest absolute Gasteiger partial charge is 0.178 e. The monoisotopic (exact) mass is 330 g/mol. The SMILES string of the molecule is Cc1ncc(-c2cc3c(-c4nc5ncccc5[nH]4)n[nH]c3cn2)n1C. The van der Waals surface area contributed by atoms with Crippen molar-refractivity contribution in [3.05, 3.63) is 42.6 Å². The van der Waals surface area contributed by atoms with E-state index in [1.54, 1.807) is 12.4 Å². The van der Waals surface area contributed by atoms with Gasteiger partial charge in [-0.1, -0.05) is 0 Å². The van der Waals surface area contributed by atoms with Crippen molar-refractivity contribution >= 4 is 22.1 Å². The first-order valence-corrected chi connectivity index (χ1v) is 7.84. The second kappa shape index (κ2) is 4.97. The number of nitrogens with zero attached hydrogens (tertiary/aromatic N) is 6. The van der Waals surface area contributed by atoms with Gasteiger partial charge in [-0.3, -0.25) is 10.1 Å². The van der Waals surface area contributed by atoms with Crippen LogP contribution in [0.25, 0.3) is 45.0 Å². The van der Waals surface area contributed by atoms with Gasteiger partial charge in [0.1, 0.15) is 11.5 Å². The van der Waals surface area contributed by atoms with Gasteiger partial charge in [0.2, 0.25) is 0 Å². The van der Waals surface area contributed by atoms with Crippen LogP contribution in [0.3, 0.4) is 0 Å². The maximum Gasteiger partial charge on any atom is 0.178 e. The van der Waals surface area contributed by atoms with Crippen molar-refractivity contribution < 1.29 is 0 Å². The number of aromatic amines is 2. The molecule has 5 heterocycles. The first-order valence-electron chi connectivity index (χ1n) is 7.84. The highest BCUT2D eigenvalue weighted by atomic mass is 15.1. The van der Waals surface area contributed by atoms with E-state index in [1.807, 2.05) is 42.9 Å². The number of aryl methyl sites for hydroxylation is 1. The molecule has 0 aliphatic carbocycles. The van der Waals surface area contributed by atoms with Crippen molar-refractivity contribution in [1.82, 2.24) is 39.7 Å². The van der Waals surface area contributed by atoms with Crippen LogP contribution in [0.5, 0.6) is 0 Å². The lowest BCUT2D eigenvalue weighted by molar-refractivity contribution is 0.862. The Bertz CT molecular complexity index is 1190. The normalized spacial score (nSPS) is 11.6. The molecule has 5 rings (SSSR count). The molecule has 122 valence electrons. The zero-order valence-corrected chi connectivity index (χ0v) is 13.6. The molecular weight excluding hydrogens is 316 g/mol. The number of imidazole rings is 2. The van der Waals surface area contributed by atoms with Crippen molar-refractivity contribution in [2.75, 3.05) is 0 Å². The summed E-state index contributed by atoms with van der Waals surface area (Å²) in [6, 6.07) is 5.82. The Morgan fingerprint density at radius 3 is 2.80 bits per heavy atom. The van der Waals surface area contributed by atoms with E-state index in [4.69, 9.17) is 0 Å². The van der Waals surface area contributed by atoms with E-state index >= 15 is 0 Å². The van der Waals surface area contributed by atoms with Crippen LogP contribution in [0.15, 0.2) is 36.8 Å². The van der Waals surface area contributed by atoms with E-state index in [2.05, 4.69) is 35.1 Å². The van der Waals surface area contributed by atoms with E-state index in [0.717, 1.165) is 39.3 Å². The molecule has 2 N–H and O–H groups in total. The summed E-state index contributed by atoms with van der Waals surface area (Å²) < 4.78 is 2.01. The molecule has 0 saturated carbocycles. The number of hydrogen-bond donors (Lipinski definition) is 2. The van der Waals surface area contributed by atoms with Crippen LogP contribution in [0, 0.1) is 6.92 Å². The molecule has 8 nitrogen and oxygen atoms in total. The number of hydrogen-bond acceptors (Lipinski definition) is 5. The summed E-state index contributed by atoms with van der Waals surface area (Å²) in [6.07, 6.45) is 5.33. The fourth-order valence-electron chi connectivity index (χ4n) is 2.93. The highest BCUT2D eigenvalue weighted by Gasteiger charge is 2.15. The molecule has 0 aliphatic rings. The average Bonchev–Trinajstić information content (AvgIpc) is 3.31. The van der Waals surface area contributed by atoms with Crippen LogP contribution in [0.2, 0.25) is 0 Å². The molecule has 0 unspecified atom stereocenters. The average molecular weight is 330 g/mol. The Morgan fingerprint density at radius 1 is 1.08 bits per heavy atom. The standard InChI is InChI=1S/C17H14N8/c1-9-19-8-14(25(9)2)12-6-10-13(7-20-12)23-24-15(10)17-21-11-4-3-5-18-16(11)22-17/h3-8H,1-2H3,(H,23,24)(H,18,21,22). The van der Waals surface area contributed by atoms with Crippen molar-refractivity contribution in [1.29, 1.82) is 0 Å². The first-order chi connectivity index (χ1) is 12.2. The van der Waals surface area contributed by atoms with E-state index in [9.17, 15) is 0 Å². The fraction of sp³-hybridized carbons (Fsp3) is 0.118. The fourth-order valence-corrected chi connectivity index (χ4v) is 2.93. The quantitative estimate of drug-likeness (QED) is 0.518. The minimum absolute atomic E-state index is 0.671. The first kappa shape index (κ1) is 13.8. The van der Waals surface area contributed by atoms with Crippen molar-refractivity contribution in [3.63, 3.8) is 0 Å². The van der Waals surface area contributed by atoms with Crippen molar-refractivity contribution in [2.45, 2.75) is 6.92 Å². The summed E-state index contributed by atoms with van der Waals surface area (Å²) in [7, 11) is 1.98. The molecule has 0 amide bonds. The van der Waals surface area contributed by atoms with E-state index < -0.39 is 0 Å². The van der Waals surface area contributed by atoms with Gasteiger partial charge in [0, 0.05) is 18.6 Å². The number of pyridine rings is 2. The van der Waals surface area contributed by atoms with E-state index in [1.165, 1.54) is 0 Å². The molecule has 0 aliphatic heterocycles. The Hall–Kier alpha value is -3.55. The Balaban J connectivity index is 1.71. The Labute approximate surface area is 142 Å². The molecule has 8 heteroatoms. The maximum absolute atomic E-state index is 4.54. The molecule has 0 atom stereocenters. The summed E-state index contributed by atoms with van der Waals surface area (Å²) in [5.41, 5.74) is 4.95. The summed E-state index contributed by atoms with van der Waals surface area (Å²) in [5.74, 6) is 1.62. The van der Waals surface area contributed by atoms with Crippen LogP contribution < -0.4 is 0 Å². The molecule has 5 aromatic rings. The summed E-state index contributed by atoms with van der Waals surface area (Å²) in [6.45, 7) is 1.96. The van der Waals surface area contributed by atoms with Crippen molar-refractivity contribution in [2.24, 2.45) is 7.05 Å². The van der Waals surface area contributed by atoms with E-state index in [0.29, 0.717) is 11.5 Å². The summed E-state index contributed by atoms with van der Waals surface area (Å²) >= 11 is 0. The van der Waals surface area contributed by atoms with Gasteiger partial charge < -0.3 is 9.55 Å². The lowest BCUT2D eigenvalue weighted by Crippen LogP contribution is -1.95. The molecule has 0 saturated heterocycles. The van der Waals surface area contributed by atoms with Gasteiger partial charge in [-0.25, -0.2) is 15.0 Å². The molecule has 0 aromatic carbocycles. The van der Waals surface area contributed by atoms with Crippen LogP contribution in [-0.4, -0.2) is 39.7 Å². The third-order valence-electron chi connectivity index (χ3n) is 4.41. The van der Waals surface area contributed by atoms with Crippen LogP contribution in [-0.2, 0) is 7.05 Å². The zero-order chi connectivity index (χ0) is 17.0. The van der Waals surface area contributed by atoms with Crippen LogP contribution >= 0.6 is 0 Å². The van der Waals surface area contributed by atoms with Crippen LogP contribution in [0.4, 0.5) is 0 Å². The molecule has 5 aromatic heterocycles. The lowest BCUT2D eigenvalue weighted by atomic mass is 10.2. The number of H-pyrrole nitrogens is 2. The minimum Gasteiger partial charge on any atom is -0.335 e. The van der Waals surface area contributed by atoms with Gasteiger partial charge in [-0.05, 0) is 25.1 Å². The van der Waals surface area contributed by atoms with Gasteiger partial charge in [-0.15, -0.1) is 0 Å². The van der Waals surface area contributed by atoms with Crippen LogP contribution in [0.1, 0.15) is 5.82 Å². The third kappa shape index (κ3) is 2.04. The molecule has 0 radical (unpaired) electrons. The molecule has 25 heavy (non-hydrogen) atoms. The third-order valence-corrected chi connectivity index (χ3v) is 4.41. The predicted octanol–water partition coefficient (Wildman–Crippen LogP) is 2.61. The Morgan fingerprint density at radius 2 is 2.00 bits per heavy atom. The van der Waals surface area contributed by atoms with Gasteiger partial charge >= 0.3 is 0 Å². The van der Waals surface area contributed by atoms with Gasteiger partial charge in [0.25, 0.3) is 0 Å². The lowest BCUT2D eigenvalue weighted by Gasteiger charge is -2.03. The Kier molecular flexibility index (Phi) is 2.75. The van der Waals surface area contributed by atoms with Gasteiger partial charge in [-0.2, -0.15) is 5.10 Å². The topological polar surface area (TPSA) is 101 Å². The van der Waals surface area contributed by atoms with Gasteiger partial charge in [0.05, 0.1) is 34.8 Å². The number of aromatic nitrogens is 8. The molecular formula is C17H14N8. The molecule has 0 spiro atoms. The second-order valence-corrected chi connectivity index (χ2v) is 5.90. The maximum atomic E-state index is 4.54. The van der Waals surface area contributed by atoms with Gasteiger partial charge in [0.15, 0.2) is 11.5 Å². The largest absolute Gasteiger partial charge is 0.335 e. The number of rotatable bonds is 2. The second-order valence-electron chi connectivity index (χ2n) is 5.90. The highest BCUT2D eigenvalue weighted by Crippen LogP contribution is 2.28. The summed E-state index contributed by atoms with van der Waals surface area (Å²) in [4.78, 5) is 20.9. The van der Waals surface area contributed by atoms with Crippen molar-refractivity contribution in [3.8, 4) is 22.9 Å². The number of nitrogens with one attached hydrogen (secondary N) is 2. The predicted molar refractivity (Wildman–Crippen MR) is 93.7 cm³/mol. The molecule has 0 bridgehead atoms. The zero-order valence-electron chi connectivity index (χ0n) is 13.6. The minimum atomic E-state index is 0.671.